The molecule has 1 aliphatic carbocycles. The number of rotatable bonds is 7. The van der Waals surface area contributed by atoms with Crippen LogP contribution in [0, 0.1) is 5.92 Å². The smallest absolute Gasteiger partial charge is 0.329 e. The van der Waals surface area contributed by atoms with Gasteiger partial charge in [-0.25, -0.2) is 4.79 Å². The van der Waals surface area contributed by atoms with Gasteiger partial charge in [-0.05, 0) is 57.2 Å². The molecule has 1 amide bonds. The number of aliphatic hydroxyl groups is 1. The second kappa shape index (κ2) is 16.0. The summed E-state index contributed by atoms with van der Waals surface area (Å²) in [7, 11) is 4.53. The van der Waals surface area contributed by atoms with Gasteiger partial charge < -0.3 is 33.7 Å². The number of methoxy groups -OCH3 is 2. The normalized spacial score (nSPS) is 33.9. The first-order chi connectivity index (χ1) is 23.5. The number of benzene rings is 1. The van der Waals surface area contributed by atoms with Gasteiger partial charge in [0.1, 0.15) is 29.6 Å². The van der Waals surface area contributed by atoms with Gasteiger partial charge in [-0.3, -0.25) is 14.4 Å². The maximum atomic E-state index is 14.6. The topological polar surface area (TPSA) is 141 Å². The minimum atomic E-state index is -1.45. The van der Waals surface area contributed by atoms with Crippen molar-refractivity contribution in [1.82, 2.24) is 4.90 Å². The third-order valence-corrected chi connectivity index (χ3v) is 10.9. The fourth-order valence-electron chi connectivity index (χ4n) is 7.10. The molecular formula is C38H52ClNO10. The van der Waals surface area contributed by atoms with Gasteiger partial charge in [-0.1, -0.05) is 62.2 Å². The number of carbonyl (C=O) groups is 4. The summed E-state index contributed by atoms with van der Waals surface area (Å²) in [6.45, 7) is 10.6. The highest BCUT2D eigenvalue weighted by molar-refractivity contribution is 6.33. The average Bonchev–Trinajstić information content (AvgIpc) is 3.80. The number of carbonyl (C=O) groups excluding carboxylic acids is 4. The molecule has 1 aromatic carbocycles. The van der Waals surface area contributed by atoms with Gasteiger partial charge in [-0.15, -0.1) is 0 Å². The number of amides is 1. The molecule has 0 aromatic heterocycles. The Bertz CT molecular complexity index is 1520. The van der Waals surface area contributed by atoms with Crippen LogP contribution in [0.4, 0.5) is 0 Å². The van der Waals surface area contributed by atoms with Crippen molar-refractivity contribution in [3.63, 3.8) is 0 Å². The molecule has 1 aromatic rings. The number of fused-ring (bicyclic) bond motifs is 5. The molecule has 50 heavy (non-hydrogen) atoms. The predicted molar refractivity (Wildman–Crippen MR) is 187 cm³/mol. The van der Waals surface area contributed by atoms with Crippen molar-refractivity contribution in [2.24, 2.45) is 5.92 Å². The molecular weight excluding hydrogens is 666 g/mol. The Hall–Kier alpha value is -3.25. The number of ketones is 1. The molecule has 3 aliphatic rings. The predicted octanol–water partition coefficient (Wildman–Crippen LogP) is 5.27. The zero-order valence-electron chi connectivity index (χ0n) is 30.6. The van der Waals surface area contributed by atoms with Gasteiger partial charge in [0.2, 0.25) is 5.91 Å². The van der Waals surface area contributed by atoms with Crippen LogP contribution in [0.3, 0.4) is 0 Å². The number of allylic oxidation sites excluding steroid dienone is 3. The van der Waals surface area contributed by atoms with Crippen LogP contribution in [0.2, 0.25) is 5.02 Å². The minimum Gasteiger partial charge on any atom is -0.495 e. The molecule has 0 spiro atoms. The number of hydrogen-bond acceptors (Lipinski definition) is 10. The first-order valence-electron chi connectivity index (χ1n) is 17.3. The first-order valence-corrected chi connectivity index (χ1v) is 17.7. The van der Waals surface area contributed by atoms with Crippen molar-refractivity contribution in [2.75, 3.05) is 21.3 Å². The zero-order valence-corrected chi connectivity index (χ0v) is 31.4. The van der Waals surface area contributed by atoms with Crippen LogP contribution in [0.25, 0.3) is 0 Å². The Balaban J connectivity index is 1.83. The van der Waals surface area contributed by atoms with Gasteiger partial charge in [0.25, 0.3) is 0 Å². The highest BCUT2D eigenvalue weighted by Crippen LogP contribution is 2.50. The maximum absolute atomic E-state index is 14.6. The molecule has 276 valence electrons. The van der Waals surface area contributed by atoms with E-state index in [9.17, 15) is 24.3 Å². The lowest BCUT2D eigenvalue weighted by Gasteiger charge is -2.35. The van der Waals surface area contributed by atoms with E-state index >= 15 is 0 Å². The van der Waals surface area contributed by atoms with Crippen LogP contribution in [-0.4, -0.2) is 96.6 Å². The van der Waals surface area contributed by atoms with E-state index in [2.05, 4.69) is 0 Å². The number of esters is 2. The van der Waals surface area contributed by atoms with Crippen molar-refractivity contribution in [3.8, 4) is 5.75 Å². The Labute approximate surface area is 300 Å². The lowest BCUT2D eigenvalue weighted by Crippen LogP contribution is -2.49. The molecule has 2 heterocycles. The highest BCUT2D eigenvalue weighted by Gasteiger charge is 2.66. The van der Waals surface area contributed by atoms with Crippen molar-refractivity contribution in [1.29, 1.82) is 0 Å². The number of nitrogens with zero attached hydrogens (tertiary/aromatic N) is 1. The molecule has 1 N–H and O–H groups in total. The average molecular weight is 718 g/mol. The van der Waals surface area contributed by atoms with E-state index in [0.717, 1.165) is 11.1 Å². The third-order valence-electron chi connectivity index (χ3n) is 10.5. The second-order valence-corrected chi connectivity index (χ2v) is 14.6. The molecule has 9 atom stereocenters. The van der Waals surface area contributed by atoms with E-state index in [4.69, 9.17) is 35.3 Å². The summed E-state index contributed by atoms with van der Waals surface area (Å²) in [5.74, 6) is -2.93. The quantitative estimate of drug-likeness (QED) is 0.293. The lowest BCUT2D eigenvalue weighted by molar-refractivity contribution is -0.165. The zero-order chi connectivity index (χ0) is 37.1. The molecule has 2 aliphatic heterocycles. The van der Waals surface area contributed by atoms with Crippen molar-refractivity contribution in [3.05, 3.63) is 52.1 Å². The number of epoxide rings is 1. The fraction of sp³-hybridized carbons (Fsp3) is 0.632. The minimum absolute atomic E-state index is 0.0122. The number of hydrogen-bond donors (Lipinski definition) is 1. The Morgan fingerprint density at radius 1 is 1.20 bits per heavy atom. The maximum Gasteiger partial charge on any atom is 0.329 e. The Morgan fingerprint density at radius 3 is 2.54 bits per heavy atom. The van der Waals surface area contributed by atoms with E-state index in [1.807, 2.05) is 45.1 Å². The molecule has 0 radical (unpaired) electrons. The van der Waals surface area contributed by atoms with Crippen LogP contribution >= 0.6 is 11.6 Å². The van der Waals surface area contributed by atoms with Crippen LogP contribution in [0.15, 0.2) is 35.9 Å². The number of ether oxygens (including phenoxy) is 5. The van der Waals surface area contributed by atoms with Crippen molar-refractivity contribution < 1.29 is 48.0 Å². The van der Waals surface area contributed by atoms with E-state index in [-0.39, 0.29) is 36.6 Å². The first kappa shape index (κ1) is 39.5. The van der Waals surface area contributed by atoms with E-state index < -0.39 is 71.2 Å². The van der Waals surface area contributed by atoms with E-state index in [1.54, 1.807) is 26.8 Å². The van der Waals surface area contributed by atoms with Crippen molar-refractivity contribution >= 4 is 35.2 Å². The Morgan fingerprint density at radius 2 is 1.90 bits per heavy atom. The van der Waals surface area contributed by atoms with Gasteiger partial charge in [-0.2, -0.15) is 0 Å². The summed E-state index contributed by atoms with van der Waals surface area (Å²) >= 11 is 6.82. The number of halogens is 1. The van der Waals surface area contributed by atoms with E-state index in [1.165, 1.54) is 26.2 Å². The molecule has 0 saturated carbocycles. The van der Waals surface area contributed by atoms with Crippen LogP contribution in [0.1, 0.15) is 90.7 Å². The molecule has 2 fully saturated rings. The summed E-state index contributed by atoms with van der Waals surface area (Å²) in [5.41, 5.74) is -0.478. The fourth-order valence-corrected chi connectivity index (χ4v) is 7.45. The number of likely N-dealkylation sites (N-methyl/N-ethyl adjacent to an activating group) is 1. The van der Waals surface area contributed by atoms with Crippen LogP contribution < -0.4 is 4.74 Å². The monoisotopic (exact) mass is 717 g/mol. The van der Waals surface area contributed by atoms with Crippen LogP contribution in [-0.2, 0) is 44.5 Å². The lowest BCUT2D eigenvalue weighted by atomic mass is 9.79. The summed E-state index contributed by atoms with van der Waals surface area (Å²) < 4.78 is 29.5. The molecule has 11 nitrogen and oxygen atoms in total. The summed E-state index contributed by atoms with van der Waals surface area (Å²) in [6, 6.07) is 2.68. The largest absolute Gasteiger partial charge is 0.495 e. The molecule has 4 rings (SSSR count). The highest BCUT2D eigenvalue weighted by atomic mass is 35.5. The molecule has 4 bridgehead atoms. The standard InChI is InChI=1S/C38H52ClNO10/c1-10-12-30(41)40(7)24(5)36(44)49-35-33(43)22(3)26-18-25(19-27(46-8)32(26)39)17-21(2)13-11-14-29(47-9)38(45)16-15-31(42)48-28(20-38)23(4)34-37(35,6)50-34/h11,13-14,18-19,22-24,28-29,34-35,45H,10,12,15-17,20H2,1-9H3/b14-11+,21-13+/t22?,23-,24-,28?,29-,34+,35+,37-,38+/m1/s1. The van der Waals surface area contributed by atoms with Gasteiger partial charge >= 0.3 is 11.9 Å². The molecule has 2 unspecified atom stereocenters. The SMILES string of the molecule is CCCC(=O)N(C)[C@H](C)C(=O)O[C@H]1C(=O)C(C)c2cc(cc(OC)c2Cl)C/C(C)=C/C=C/[C@@H](OC)[C@]2(O)CCC(=O)OC(C2)[C@@H](C)[C@@H]2O[C@@]12C. The summed E-state index contributed by atoms with van der Waals surface area (Å²) in [5, 5.41) is 12.2. The summed E-state index contributed by atoms with van der Waals surface area (Å²) in [6.07, 6.45) is 3.34. The summed E-state index contributed by atoms with van der Waals surface area (Å²) in [4.78, 5) is 55.1. The second-order valence-electron chi connectivity index (χ2n) is 14.2. The van der Waals surface area contributed by atoms with Crippen LogP contribution in [0.5, 0.6) is 5.75 Å². The van der Waals surface area contributed by atoms with Gasteiger partial charge in [0.15, 0.2) is 11.9 Å². The Kier molecular flexibility index (Phi) is 12.6. The molecule has 2 saturated heterocycles. The third kappa shape index (κ3) is 8.27. The van der Waals surface area contributed by atoms with Gasteiger partial charge in [0.05, 0.1) is 23.8 Å². The van der Waals surface area contributed by atoms with Gasteiger partial charge in [0, 0.05) is 45.3 Å². The van der Waals surface area contributed by atoms with Crippen molar-refractivity contribution in [2.45, 2.75) is 128 Å². The number of Topliss-reactive ketones (excluding diaryl/α,β-unsaturated/α-hetero) is 1. The van der Waals surface area contributed by atoms with E-state index in [0.29, 0.717) is 24.2 Å². The molecule has 12 heteroatoms.